The van der Waals surface area contributed by atoms with Crippen LogP contribution in [0.15, 0.2) is 30.3 Å². The van der Waals surface area contributed by atoms with Gasteiger partial charge in [-0.3, -0.25) is 0 Å². The van der Waals surface area contributed by atoms with E-state index in [9.17, 15) is 5.11 Å². The van der Waals surface area contributed by atoms with Crippen molar-refractivity contribution in [3.63, 3.8) is 0 Å². The maximum atomic E-state index is 9.87. The smallest absolute Gasteiger partial charge is 0.0911 e. The summed E-state index contributed by atoms with van der Waals surface area (Å²) in [5.41, 5.74) is 0.336. The molecule has 0 spiro atoms. The Morgan fingerprint density at radius 3 is 2.27 bits per heavy atom. The van der Waals surface area contributed by atoms with Gasteiger partial charge in [-0.05, 0) is 25.0 Å². The van der Waals surface area contributed by atoms with Crippen molar-refractivity contribution in [1.82, 2.24) is 0 Å². The fourth-order valence-corrected chi connectivity index (χ4v) is 1.98. The zero-order chi connectivity index (χ0) is 10.7. The third-order valence-electron chi connectivity index (χ3n) is 3.11. The summed E-state index contributed by atoms with van der Waals surface area (Å²) in [6, 6.07) is 10.2. The topological polar surface area (TPSA) is 43.7 Å². The van der Waals surface area contributed by atoms with Crippen LogP contribution in [0, 0.1) is 0 Å². The fourth-order valence-electron chi connectivity index (χ4n) is 1.98. The van der Waals surface area contributed by atoms with Crippen LogP contribution in [-0.4, -0.2) is 35.5 Å². The van der Waals surface area contributed by atoms with Gasteiger partial charge in [0.1, 0.15) is 0 Å². The monoisotopic (exact) mass is 207 g/mol. The molecular formula is C12H17NO2. The Kier molecular flexibility index (Phi) is 2.93. The Morgan fingerprint density at radius 2 is 1.73 bits per heavy atom. The molecule has 0 atom stereocenters. The van der Waals surface area contributed by atoms with Crippen molar-refractivity contribution in [2.45, 2.75) is 18.4 Å². The van der Waals surface area contributed by atoms with Gasteiger partial charge in [-0.2, -0.15) is 0 Å². The van der Waals surface area contributed by atoms with Crippen LogP contribution in [0.2, 0.25) is 0 Å². The van der Waals surface area contributed by atoms with E-state index in [4.69, 9.17) is 5.11 Å². The van der Waals surface area contributed by atoms with E-state index in [1.54, 1.807) is 0 Å². The van der Waals surface area contributed by atoms with E-state index >= 15 is 0 Å². The van der Waals surface area contributed by atoms with Crippen LogP contribution >= 0.6 is 0 Å². The summed E-state index contributed by atoms with van der Waals surface area (Å²) in [5, 5.41) is 18.9. The second-order valence-electron chi connectivity index (χ2n) is 4.21. The fraction of sp³-hybridized carbons (Fsp3) is 0.500. The molecule has 0 aliphatic carbocycles. The molecule has 15 heavy (non-hydrogen) atoms. The molecule has 0 saturated carbocycles. The highest BCUT2D eigenvalue weighted by molar-refractivity contribution is 5.46. The van der Waals surface area contributed by atoms with E-state index in [0.717, 1.165) is 13.1 Å². The van der Waals surface area contributed by atoms with Crippen molar-refractivity contribution in [3.8, 4) is 0 Å². The molecule has 2 rings (SSSR count). The normalized spacial score (nSPS) is 20.3. The molecule has 1 heterocycles. The molecule has 0 amide bonds. The number of benzene rings is 1. The predicted octanol–water partition coefficient (Wildman–Crippen LogP) is 1.01. The van der Waals surface area contributed by atoms with E-state index in [-0.39, 0.29) is 6.61 Å². The van der Waals surface area contributed by atoms with Crippen molar-refractivity contribution in [2.75, 3.05) is 24.6 Å². The molecule has 0 aromatic heterocycles. The summed E-state index contributed by atoms with van der Waals surface area (Å²) in [4.78, 5) is 2.24. The molecule has 0 radical (unpaired) electrons. The molecule has 0 unspecified atom stereocenters. The Labute approximate surface area is 90.0 Å². The van der Waals surface area contributed by atoms with Gasteiger partial charge in [0, 0.05) is 18.8 Å². The van der Waals surface area contributed by atoms with Crippen molar-refractivity contribution >= 4 is 5.69 Å². The Bertz CT molecular complexity index is 305. The summed E-state index contributed by atoms with van der Waals surface area (Å²) in [7, 11) is 0. The number of piperidine rings is 1. The lowest BCUT2D eigenvalue weighted by molar-refractivity contribution is -0.0325. The highest BCUT2D eigenvalue weighted by atomic mass is 16.3. The lowest BCUT2D eigenvalue weighted by atomic mass is 9.92. The van der Waals surface area contributed by atoms with Gasteiger partial charge in [0.05, 0.1) is 12.2 Å². The van der Waals surface area contributed by atoms with Crippen LogP contribution in [0.25, 0.3) is 0 Å². The summed E-state index contributed by atoms with van der Waals surface area (Å²) in [5.74, 6) is 0. The van der Waals surface area contributed by atoms with Crippen LogP contribution in [-0.2, 0) is 0 Å². The first-order valence-corrected chi connectivity index (χ1v) is 5.37. The molecule has 1 saturated heterocycles. The largest absolute Gasteiger partial charge is 0.393 e. The number of nitrogens with zero attached hydrogens (tertiary/aromatic N) is 1. The van der Waals surface area contributed by atoms with Gasteiger partial charge in [0.25, 0.3) is 0 Å². The first-order valence-electron chi connectivity index (χ1n) is 5.37. The molecule has 1 aromatic rings. The molecule has 3 heteroatoms. The third kappa shape index (κ3) is 2.30. The van der Waals surface area contributed by atoms with Gasteiger partial charge in [0.2, 0.25) is 0 Å². The number of aliphatic hydroxyl groups is 2. The van der Waals surface area contributed by atoms with E-state index in [0.29, 0.717) is 12.8 Å². The van der Waals surface area contributed by atoms with Gasteiger partial charge in [-0.1, -0.05) is 18.2 Å². The number of rotatable bonds is 2. The van der Waals surface area contributed by atoms with Gasteiger partial charge < -0.3 is 15.1 Å². The minimum atomic E-state index is -0.856. The van der Waals surface area contributed by atoms with Gasteiger partial charge in [-0.25, -0.2) is 0 Å². The molecule has 1 aromatic carbocycles. The second-order valence-corrected chi connectivity index (χ2v) is 4.21. The molecule has 2 N–H and O–H groups in total. The zero-order valence-electron chi connectivity index (χ0n) is 8.76. The highest BCUT2D eigenvalue weighted by Gasteiger charge is 2.31. The van der Waals surface area contributed by atoms with E-state index < -0.39 is 5.60 Å². The summed E-state index contributed by atoms with van der Waals surface area (Å²) in [6.45, 7) is 1.48. The molecular weight excluding hydrogens is 190 g/mol. The molecule has 1 fully saturated rings. The van der Waals surface area contributed by atoms with Crippen molar-refractivity contribution in [1.29, 1.82) is 0 Å². The summed E-state index contributed by atoms with van der Waals surface area (Å²) < 4.78 is 0. The number of anilines is 1. The molecule has 0 bridgehead atoms. The summed E-state index contributed by atoms with van der Waals surface area (Å²) in [6.07, 6.45) is 1.27. The zero-order valence-corrected chi connectivity index (χ0v) is 8.76. The quantitative estimate of drug-likeness (QED) is 0.760. The van der Waals surface area contributed by atoms with E-state index in [1.807, 2.05) is 18.2 Å². The number of aliphatic hydroxyl groups excluding tert-OH is 1. The van der Waals surface area contributed by atoms with Crippen LogP contribution in [0.3, 0.4) is 0 Å². The maximum Gasteiger partial charge on any atom is 0.0911 e. The Morgan fingerprint density at radius 1 is 1.13 bits per heavy atom. The number of hydrogen-bond acceptors (Lipinski definition) is 3. The lowest BCUT2D eigenvalue weighted by Crippen LogP contribution is -2.46. The van der Waals surface area contributed by atoms with Crippen LogP contribution in [0.4, 0.5) is 5.69 Å². The van der Waals surface area contributed by atoms with E-state index in [2.05, 4.69) is 17.0 Å². The molecule has 1 aliphatic heterocycles. The first-order chi connectivity index (χ1) is 7.23. The second kappa shape index (κ2) is 4.21. The molecule has 82 valence electrons. The Balaban J connectivity index is 2.00. The lowest BCUT2D eigenvalue weighted by Gasteiger charge is -2.38. The van der Waals surface area contributed by atoms with Gasteiger partial charge in [0.15, 0.2) is 0 Å². The third-order valence-corrected chi connectivity index (χ3v) is 3.11. The first kappa shape index (κ1) is 10.5. The van der Waals surface area contributed by atoms with E-state index in [1.165, 1.54) is 5.69 Å². The number of hydrogen-bond donors (Lipinski definition) is 2. The van der Waals surface area contributed by atoms with Gasteiger partial charge in [-0.15, -0.1) is 0 Å². The van der Waals surface area contributed by atoms with Crippen molar-refractivity contribution in [3.05, 3.63) is 30.3 Å². The molecule has 1 aliphatic rings. The summed E-state index contributed by atoms with van der Waals surface area (Å²) >= 11 is 0. The number of para-hydroxylation sites is 1. The van der Waals surface area contributed by atoms with Gasteiger partial charge >= 0.3 is 0 Å². The average molecular weight is 207 g/mol. The Hall–Kier alpha value is -1.06. The van der Waals surface area contributed by atoms with Crippen molar-refractivity contribution in [2.24, 2.45) is 0 Å². The standard InChI is InChI=1S/C12H17NO2/c14-10-12(15)6-8-13(9-7-12)11-4-2-1-3-5-11/h1-5,14-15H,6-10H2. The van der Waals surface area contributed by atoms with Crippen LogP contribution in [0.5, 0.6) is 0 Å². The SMILES string of the molecule is OCC1(O)CCN(c2ccccc2)CC1. The predicted molar refractivity (Wildman–Crippen MR) is 59.9 cm³/mol. The molecule has 3 nitrogen and oxygen atoms in total. The van der Waals surface area contributed by atoms with Crippen LogP contribution < -0.4 is 4.90 Å². The minimum absolute atomic E-state index is 0.129. The van der Waals surface area contributed by atoms with Crippen molar-refractivity contribution < 1.29 is 10.2 Å². The highest BCUT2D eigenvalue weighted by Crippen LogP contribution is 2.25. The average Bonchev–Trinajstić information content (AvgIpc) is 2.31. The van der Waals surface area contributed by atoms with Crippen LogP contribution in [0.1, 0.15) is 12.8 Å². The minimum Gasteiger partial charge on any atom is -0.393 e. The maximum absolute atomic E-state index is 9.87.